The van der Waals surface area contributed by atoms with E-state index >= 15 is 0 Å². The monoisotopic (exact) mass is 397 g/mol. The number of nitrogens with one attached hydrogen (secondary N) is 2. The first kappa shape index (κ1) is 19.1. The molecule has 2 heterocycles. The van der Waals surface area contributed by atoms with Crippen molar-refractivity contribution in [1.82, 2.24) is 19.9 Å². The smallest absolute Gasteiger partial charge is 0.251 e. The lowest BCUT2D eigenvalue weighted by Gasteiger charge is -2.06. The summed E-state index contributed by atoms with van der Waals surface area (Å²) >= 11 is 0. The van der Waals surface area contributed by atoms with Crippen LogP contribution >= 0.6 is 0 Å². The number of aromatic nitrogens is 3. The third-order valence-corrected chi connectivity index (χ3v) is 4.54. The summed E-state index contributed by atoms with van der Waals surface area (Å²) in [5, 5.41) is 5.35. The number of nitrogens with zero attached hydrogens (tertiary/aromatic N) is 3. The second-order valence-corrected chi connectivity index (χ2v) is 6.53. The lowest BCUT2D eigenvalue weighted by atomic mass is 10.1. The zero-order valence-corrected chi connectivity index (χ0v) is 16.2. The quantitative estimate of drug-likeness (QED) is 0.505. The zero-order valence-electron chi connectivity index (χ0n) is 16.2. The van der Waals surface area contributed by atoms with Crippen molar-refractivity contribution in [2.24, 2.45) is 0 Å². The summed E-state index contributed by atoms with van der Waals surface area (Å²) < 4.78 is 1.89. The normalized spacial score (nSPS) is 11.0. The second kappa shape index (κ2) is 8.40. The van der Waals surface area contributed by atoms with E-state index in [4.69, 9.17) is 0 Å². The summed E-state index contributed by atoms with van der Waals surface area (Å²) in [6.45, 7) is 0. The molecule has 0 aliphatic heterocycles. The fourth-order valence-corrected chi connectivity index (χ4v) is 2.99. The van der Waals surface area contributed by atoms with E-state index in [0.29, 0.717) is 17.1 Å². The Morgan fingerprint density at radius 1 is 0.967 bits per heavy atom. The second-order valence-electron chi connectivity index (χ2n) is 6.53. The SMILES string of the molecule is CNC(=O)c1ccc(/C=C/C(=O)Nc2ccc(-n3cnc4ccccc43)nc2)cc1. The lowest BCUT2D eigenvalue weighted by molar-refractivity contribution is -0.111. The highest BCUT2D eigenvalue weighted by Crippen LogP contribution is 2.17. The molecule has 0 unspecified atom stereocenters. The first-order valence-electron chi connectivity index (χ1n) is 9.34. The molecule has 0 radical (unpaired) electrons. The van der Waals surface area contributed by atoms with Crippen LogP contribution in [0.5, 0.6) is 0 Å². The van der Waals surface area contributed by atoms with Gasteiger partial charge in [-0.1, -0.05) is 24.3 Å². The molecule has 0 aliphatic rings. The number of hydrogen-bond donors (Lipinski definition) is 2. The molecule has 148 valence electrons. The van der Waals surface area contributed by atoms with Crippen LogP contribution in [0.2, 0.25) is 0 Å². The van der Waals surface area contributed by atoms with E-state index in [2.05, 4.69) is 20.6 Å². The van der Waals surface area contributed by atoms with Crippen LogP contribution in [0.1, 0.15) is 15.9 Å². The van der Waals surface area contributed by atoms with Crippen molar-refractivity contribution in [2.75, 3.05) is 12.4 Å². The van der Waals surface area contributed by atoms with Gasteiger partial charge in [-0.15, -0.1) is 0 Å². The number of imidazole rings is 1. The van der Waals surface area contributed by atoms with Crippen LogP contribution in [0.15, 0.2) is 79.3 Å². The molecule has 0 saturated carbocycles. The van der Waals surface area contributed by atoms with Crippen molar-refractivity contribution in [1.29, 1.82) is 0 Å². The van der Waals surface area contributed by atoms with Crippen LogP contribution in [0.3, 0.4) is 0 Å². The number of carbonyl (C=O) groups excluding carboxylic acids is 2. The van der Waals surface area contributed by atoms with Crippen LogP contribution in [0.4, 0.5) is 5.69 Å². The standard InChI is InChI=1S/C23H19N5O2/c1-24-23(30)17-9-6-16(7-10-17)8-13-22(29)27-18-11-12-21(25-14-18)28-15-26-19-4-2-3-5-20(19)28/h2-15H,1H3,(H,24,30)(H,27,29)/b13-8+. The van der Waals surface area contributed by atoms with E-state index in [9.17, 15) is 9.59 Å². The van der Waals surface area contributed by atoms with E-state index in [1.165, 1.54) is 6.08 Å². The Balaban J connectivity index is 1.41. The summed E-state index contributed by atoms with van der Waals surface area (Å²) in [4.78, 5) is 32.5. The molecule has 2 aromatic heterocycles. The van der Waals surface area contributed by atoms with Gasteiger partial charge in [-0.2, -0.15) is 0 Å². The maximum Gasteiger partial charge on any atom is 0.251 e. The van der Waals surface area contributed by atoms with Gasteiger partial charge in [0.15, 0.2) is 0 Å². The van der Waals surface area contributed by atoms with Crippen molar-refractivity contribution in [2.45, 2.75) is 0 Å². The Morgan fingerprint density at radius 3 is 2.50 bits per heavy atom. The minimum Gasteiger partial charge on any atom is -0.355 e. The van der Waals surface area contributed by atoms with E-state index in [1.807, 2.05) is 34.9 Å². The van der Waals surface area contributed by atoms with Gasteiger partial charge in [0.25, 0.3) is 5.91 Å². The largest absolute Gasteiger partial charge is 0.355 e. The molecule has 0 bridgehead atoms. The number of hydrogen-bond acceptors (Lipinski definition) is 4. The molecule has 0 aliphatic carbocycles. The van der Waals surface area contributed by atoms with Gasteiger partial charge < -0.3 is 10.6 Å². The fourth-order valence-electron chi connectivity index (χ4n) is 2.99. The van der Waals surface area contributed by atoms with Crippen molar-refractivity contribution in [3.05, 3.63) is 90.4 Å². The van der Waals surface area contributed by atoms with Gasteiger partial charge in [0.2, 0.25) is 5.91 Å². The van der Waals surface area contributed by atoms with Crippen molar-refractivity contribution < 1.29 is 9.59 Å². The molecule has 30 heavy (non-hydrogen) atoms. The first-order chi connectivity index (χ1) is 14.6. The summed E-state index contributed by atoms with van der Waals surface area (Å²) in [7, 11) is 1.58. The minimum atomic E-state index is -0.270. The molecule has 2 amide bonds. The number of rotatable bonds is 5. The van der Waals surface area contributed by atoms with Gasteiger partial charge in [-0.25, -0.2) is 9.97 Å². The zero-order chi connectivity index (χ0) is 20.9. The highest BCUT2D eigenvalue weighted by molar-refractivity contribution is 6.02. The molecule has 2 aromatic carbocycles. The molecule has 4 aromatic rings. The Labute approximate surface area is 173 Å². The van der Waals surface area contributed by atoms with Gasteiger partial charge in [0.05, 0.1) is 22.9 Å². The average molecular weight is 397 g/mol. The summed E-state index contributed by atoms with van der Waals surface area (Å²) in [5.41, 5.74) is 3.83. The van der Waals surface area contributed by atoms with E-state index in [1.54, 1.807) is 56.0 Å². The van der Waals surface area contributed by atoms with Gasteiger partial charge >= 0.3 is 0 Å². The summed E-state index contributed by atoms with van der Waals surface area (Å²) in [5.74, 6) is 0.296. The van der Waals surface area contributed by atoms with Gasteiger partial charge in [-0.3, -0.25) is 14.2 Å². The van der Waals surface area contributed by atoms with E-state index in [-0.39, 0.29) is 11.8 Å². The number of para-hydroxylation sites is 2. The lowest BCUT2D eigenvalue weighted by Crippen LogP contribution is -2.17. The Hall–Kier alpha value is -4.26. The van der Waals surface area contributed by atoms with E-state index < -0.39 is 0 Å². The number of fused-ring (bicyclic) bond motifs is 1. The molecular weight excluding hydrogens is 378 g/mol. The van der Waals surface area contributed by atoms with Crippen molar-refractivity contribution in [3.8, 4) is 5.82 Å². The number of carbonyl (C=O) groups is 2. The third-order valence-electron chi connectivity index (χ3n) is 4.54. The highest BCUT2D eigenvalue weighted by Gasteiger charge is 2.06. The molecule has 4 rings (SSSR count). The molecule has 0 atom stereocenters. The Kier molecular flexibility index (Phi) is 5.34. The Bertz CT molecular complexity index is 1220. The Morgan fingerprint density at radius 2 is 1.77 bits per heavy atom. The predicted molar refractivity (Wildman–Crippen MR) is 116 cm³/mol. The fraction of sp³-hybridized carbons (Fsp3) is 0.0435. The number of amides is 2. The minimum absolute atomic E-state index is 0.150. The molecule has 0 fully saturated rings. The number of pyridine rings is 1. The topological polar surface area (TPSA) is 88.9 Å². The predicted octanol–water partition coefficient (Wildman–Crippen LogP) is 3.43. The van der Waals surface area contributed by atoms with Gasteiger partial charge in [0.1, 0.15) is 12.1 Å². The molecule has 7 heteroatoms. The number of anilines is 1. The summed E-state index contributed by atoms with van der Waals surface area (Å²) in [6, 6.07) is 18.4. The van der Waals surface area contributed by atoms with Crippen LogP contribution in [0.25, 0.3) is 22.9 Å². The molecule has 0 saturated heterocycles. The average Bonchev–Trinajstić information content (AvgIpc) is 3.22. The van der Waals surface area contributed by atoms with Crippen LogP contribution in [-0.4, -0.2) is 33.4 Å². The number of benzene rings is 2. The van der Waals surface area contributed by atoms with Gasteiger partial charge in [0, 0.05) is 18.7 Å². The first-order valence-corrected chi connectivity index (χ1v) is 9.34. The van der Waals surface area contributed by atoms with Crippen molar-refractivity contribution in [3.63, 3.8) is 0 Å². The van der Waals surface area contributed by atoms with Gasteiger partial charge in [-0.05, 0) is 48.0 Å². The third kappa shape index (κ3) is 4.10. The molecule has 0 spiro atoms. The van der Waals surface area contributed by atoms with Crippen LogP contribution in [-0.2, 0) is 4.79 Å². The maximum absolute atomic E-state index is 12.2. The van der Waals surface area contributed by atoms with E-state index in [0.717, 1.165) is 16.6 Å². The van der Waals surface area contributed by atoms with Crippen LogP contribution < -0.4 is 10.6 Å². The van der Waals surface area contributed by atoms with Crippen LogP contribution in [0, 0.1) is 0 Å². The van der Waals surface area contributed by atoms with Crippen molar-refractivity contribution >= 4 is 34.6 Å². The molecular formula is C23H19N5O2. The summed E-state index contributed by atoms with van der Waals surface area (Å²) in [6.07, 6.45) is 6.45. The maximum atomic E-state index is 12.2. The highest BCUT2D eigenvalue weighted by atomic mass is 16.2. The molecule has 2 N–H and O–H groups in total. The molecule has 7 nitrogen and oxygen atoms in total.